The maximum Gasteiger partial charge on any atom is 0.326 e. The molecule has 0 aromatic heterocycles. The Morgan fingerprint density at radius 3 is 2.45 bits per heavy atom. The maximum atomic E-state index is 12.4. The second-order valence-electron chi connectivity index (χ2n) is 5.68. The number of carbonyl (C=O) groups excluding carboxylic acids is 1. The van der Waals surface area contributed by atoms with E-state index in [9.17, 15) is 14.7 Å². The van der Waals surface area contributed by atoms with Gasteiger partial charge in [0, 0.05) is 5.56 Å². The van der Waals surface area contributed by atoms with Crippen LogP contribution in [0.1, 0.15) is 44.2 Å². The number of benzene rings is 1. The molecule has 0 saturated carbocycles. The number of amides is 1. The zero-order valence-electron chi connectivity index (χ0n) is 13.8. The molecule has 3 unspecified atom stereocenters. The van der Waals surface area contributed by atoms with E-state index >= 15 is 0 Å². The monoisotopic (exact) mass is 307 g/mol. The predicted molar refractivity (Wildman–Crippen MR) is 85.2 cm³/mol. The largest absolute Gasteiger partial charge is 0.496 e. The first-order chi connectivity index (χ1) is 10.3. The van der Waals surface area contributed by atoms with Crippen molar-refractivity contribution < 1.29 is 19.4 Å². The lowest BCUT2D eigenvalue weighted by molar-refractivity contribution is -0.143. The summed E-state index contributed by atoms with van der Waals surface area (Å²) in [4.78, 5) is 23.7. The molecule has 0 aliphatic heterocycles. The number of methoxy groups -OCH3 is 1. The van der Waals surface area contributed by atoms with Crippen LogP contribution >= 0.6 is 0 Å². The van der Waals surface area contributed by atoms with E-state index in [1.165, 1.54) is 0 Å². The highest BCUT2D eigenvalue weighted by Crippen LogP contribution is 2.28. The Morgan fingerprint density at radius 2 is 1.95 bits per heavy atom. The summed E-state index contributed by atoms with van der Waals surface area (Å²) in [5, 5.41) is 11.9. The Balaban J connectivity index is 2.95. The Bertz CT molecular complexity index is 541. The zero-order valence-corrected chi connectivity index (χ0v) is 13.8. The summed E-state index contributed by atoms with van der Waals surface area (Å²) >= 11 is 0. The third kappa shape index (κ3) is 4.23. The third-order valence-corrected chi connectivity index (χ3v) is 4.03. The number of nitrogens with one attached hydrogen (secondary N) is 1. The van der Waals surface area contributed by atoms with Gasteiger partial charge in [0.2, 0.25) is 5.91 Å². The second-order valence-corrected chi connectivity index (χ2v) is 5.68. The van der Waals surface area contributed by atoms with Gasteiger partial charge >= 0.3 is 5.97 Å². The van der Waals surface area contributed by atoms with Crippen molar-refractivity contribution in [3.8, 4) is 5.75 Å². The fraction of sp³-hybridized carbons (Fsp3) is 0.529. The Kier molecular flexibility index (Phi) is 6.40. The molecule has 5 nitrogen and oxygen atoms in total. The van der Waals surface area contributed by atoms with Crippen molar-refractivity contribution in [2.24, 2.45) is 5.92 Å². The molecule has 1 aromatic rings. The van der Waals surface area contributed by atoms with Gasteiger partial charge in [-0.1, -0.05) is 32.4 Å². The quantitative estimate of drug-likeness (QED) is 0.812. The lowest BCUT2D eigenvalue weighted by Crippen LogP contribution is -2.46. The molecule has 1 amide bonds. The van der Waals surface area contributed by atoms with E-state index in [2.05, 4.69) is 5.32 Å². The molecule has 0 saturated heterocycles. The molecule has 1 rings (SSSR count). The van der Waals surface area contributed by atoms with Crippen molar-refractivity contribution in [1.82, 2.24) is 5.32 Å². The van der Waals surface area contributed by atoms with Gasteiger partial charge in [-0.2, -0.15) is 0 Å². The topological polar surface area (TPSA) is 75.6 Å². The van der Waals surface area contributed by atoms with Crippen LogP contribution in [0.4, 0.5) is 0 Å². The number of hydrogen-bond acceptors (Lipinski definition) is 3. The molecule has 0 heterocycles. The number of aliphatic carboxylic acids is 1. The Morgan fingerprint density at radius 1 is 1.32 bits per heavy atom. The lowest BCUT2D eigenvalue weighted by atomic mass is 9.95. The number of hydrogen-bond donors (Lipinski definition) is 2. The molecule has 2 N–H and O–H groups in total. The number of carboxylic acids is 1. The van der Waals surface area contributed by atoms with Gasteiger partial charge in [0.1, 0.15) is 11.8 Å². The molecule has 22 heavy (non-hydrogen) atoms. The van der Waals surface area contributed by atoms with Crippen LogP contribution in [0.15, 0.2) is 18.2 Å². The van der Waals surface area contributed by atoms with Crippen LogP contribution in [-0.4, -0.2) is 30.1 Å². The second kappa shape index (κ2) is 7.82. The van der Waals surface area contributed by atoms with Crippen LogP contribution in [0.3, 0.4) is 0 Å². The van der Waals surface area contributed by atoms with E-state index in [1.807, 2.05) is 39.0 Å². The standard InChI is InChI=1S/C17H25NO4/c1-6-11(3)15(17(20)21)18-16(19)12(4)13-8-7-10(2)9-14(13)22-5/h7-9,11-12,15H,6H2,1-5H3,(H,18,19)(H,20,21). The van der Waals surface area contributed by atoms with Gasteiger partial charge in [-0.15, -0.1) is 0 Å². The molecule has 0 fully saturated rings. The smallest absolute Gasteiger partial charge is 0.326 e. The van der Waals surface area contributed by atoms with Crippen LogP contribution in [0.5, 0.6) is 5.75 Å². The van der Waals surface area contributed by atoms with Crippen molar-refractivity contribution in [3.63, 3.8) is 0 Å². The summed E-state index contributed by atoms with van der Waals surface area (Å²) in [5.74, 6) is -1.30. The number of aryl methyl sites for hydroxylation is 1. The molecule has 0 aliphatic carbocycles. The summed E-state index contributed by atoms with van der Waals surface area (Å²) in [6.07, 6.45) is 0.680. The maximum absolute atomic E-state index is 12.4. The van der Waals surface area contributed by atoms with Crippen molar-refractivity contribution >= 4 is 11.9 Å². The van der Waals surface area contributed by atoms with Crippen LogP contribution < -0.4 is 10.1 Å². The number of carbonyl (C=O) groups is 2. The molecule has 0 spiro atoms. The molecule has 1 aromatic carbocycles. The van der Waals surface area contributed by atoms with Crippen LogP contribution in [0, 0.1) is 12.8 Å². The average Bonchev–Trinajstić information content (AvgIpc) is 2.50. The Hall–Kier alpha value is -2.04. The minimum absolute atomic E-state index is 0.131. The summed E-state index contributed by atoms with van der Waals surface area (Å²) < 4.78 is 5.32. The average molecular weight is 307 g/mol. The van der Waals surface area contributed by atoms with Crippen molar-refractivity contribution in [1.29, 1.82) is 0 Å². The van der Waals surface area contributed by atoms with Crippen molar-refractivity contribution in [3.05, 3.63) is 29.3 Å². The number of carboxylic acid groups (broad SMARTS) is 1. The van der Waals surface area contributed by atoms with Gasteiger partial charge in [-0.25, -0.2) is 4.79 Å². The highest BCUT2D eigenvalue weighted by atomic mass is 16.5. The first-order valence-corrected chi connectivity index (χ1v) is 7.49. The molecular weight excluding hydrogens is 282 g/mol. The van der Waals surface area contributed by atoms with Gasteiger partial charge in [0.25, 0.3) is 0 Å². The SMILES string of the molecule is CCC(C)C(NC(=O)C(C)c1ccc(C)cc1OC)C(=O)O. The fourth-order valence-electron chi connectivity index (χ4n) is 2.28. The van der Waals surface area contributed by atoms with Gasteiger partial charge in [-0.3, -0.25) is 4.79 Å². The van der Waals surface area contributed by atoms with Gasteiger partial charge in [0.15, 0.2) is 0 Å². The summed E-state index contributed by atoms with van der Waals surface area (Å²) in [5.41, 5.74) is 1.79. The number of ether oxygens (including phenoxy) is 1. The number of rotatable bonds is 7. The van der Waals surface area contributed by atoms with E-state index in [4.69, 9.17) is 4.74 Å². The molecular formula is C17H25NO4. The van der Waals surface area contributed by atoms with E-state index in [0.717, 1.165) is 11.1 Å². The van der Waals surface area contributed by atoms with Gasteiger partial charge < -0.3 is 15.2 Å². The van der Waals surface area contributed by atoms with E-state index in [-0.39, 0.29) is 11.8 Å². The Labute approximate surface area is 131 Å². The van der Waals surface area contributed by atoms with E-state index in [1.54, 1.807) is 14.0 Å². The zero-order chi connectivity index (χ0) is 16.9. The normalized spacial score (nSPS) is 14.8. The first kappa shape index (κ1) is 18.0. The highest BCUT2D eigenvalue weighted by Gasteiger charge is 2.28. The summed E-state index contributed by atoms with van der Waals surface area (Å²) in [7, 11) is 1.56. The van der Waals surface area contributed by atoms with E-state index in [0.29, 0.717) is 12.2 Å². The minimum Gasteiger partial charge on any atom is -0.496 e. The molecule has 0 bridgehead atoms. The van der Waals surface area contributed by atoms with Crippen molar-refractivity contribution in [2.45, 2.75) is 46.1 Å². The summed E-state index contributed by atoms with van der Waals surface area (Å²) in [6.45, 7) is 7.41. The third-order valence-electron chi connectivity index (χ3n) is 4.03. The van der Waals surface area contributed by atoms with Crippen LogP contribution in [0.2, 0.25) is 0 Å². The molecule has 5 heteroatoms. The van der Waals surface area contributed by atoms with Crippen molar-refractivity contribution in [2.75, 3.05) is 7.11 Å². The van der Waals surface area contributed by atoms with Gasteiger partial charge in [-0.05, 0) is 31.4 Å². The lowest BCUT2D eigenvalue weighted by Gasteiger charge is -2.23. The first-order valence-electron chi connectivity index (χ1n) is 7.49. The summed E-state index contributed by atoms with van der Waals surface area (Å²) in [6, 6.07) is 4.74. The van der Waals surface area contributed by atoms with Crippen LogP contribution in [-0.2, 0) is 9.59 Å². The predicted octanol–water partition coefficient (Wildman–Crippen LogP) is 2.72. The minimum atomic E-state index is -1.01. The van der Waals surface area contributed by atoms with Gasteiger partial charge in [0.05, 0.1) is 13.0 Å². The van der Waals surface area contributed by atoms with Crippen LogP contribution in [0.25, 0.3) is 0 Å². The highest BCUT2D eigenvalue weighted by molar-refractivity contribution is 5.88. The van der Waals surface area contributed by atoms with E-state index < -0.39 is 17.9 Å². The molecule has 0 aliphatic rings. The molecule has 122 valence electrons. The fourth-order valence-corrected chi connectivity index (χ4v) is 2.28. The molecule has 3 atom stereocenters. The molecule has 0 radical (unpaired) electrons.